The Hall–Kier alpha value is -2.18. The fraction of sp³-hybridized carbons (Fsp3) is 0.381. The maximum atomic E-state index is 12.3. The van der Waals surface area contributed by atoms with Crippen LogP contribution in [0.25, 0.3) is 0 Å². The van der Waals surface area contributed by atoms with Crippen molar-refractivity contribution >= 4 is 15.9 Å². The van der Waals surface area contributed by atoms with Gasteiger partial charge in [-0.05, 0) is 37.3 Å². The van der Waals surface area contributed by atoms with Crippen LogP contribution < -0.4 is 5.32 Å². The zero-order valence-corrected chi connectivity index (χ0v) is 16.8. The lowest BCUT2D eigenvalue weighted by molar-refractivity contribution is -0.121. The molecule has 2 aromatic rings. The van der Waals surface area contributed by atoms with Gasteiger partial charge in [-0.2, -0.15) is 4.31 Å². The molecule has 0 aromatic heterocycles. The third kappa shape index (κ3) is 7.93. The van der Waals surface area contributed by atoms with Crippen molar-refractivity contribution in [1.82, 2.24) is 9.62 Å². The minimum atomic E-state index is -3.45. The molecule has 0 aliphatic heterocycles. The monoisotopic (exact) mass is 388 g/mol. The van der Waals surface area contributed by atoms with Crippen molar-refractivity contribution in [1.29, 1.82) is 0 Å². The van der Waals surface area contributed by atoms with Crippen molar-refractivity contribution < 1.29 is 13.2 Å². The van der Waals surface area contributed by atoms with E-state index in [1.54, 1.807) is 0 Å². The van der Waals surface area contributed by atoms with Gasteiger partial charge in [0.25, 0.3) is 0 Å². The Kier molecular flexibility index (Phi) is 8.00. The molecule has 2 rings (SSSR count). The van der Waals surface area contributed by atoms with Crippen molar-refractivity contribution in [3.63, 3.8) is 0 Å². The summed E-state index contributed by atoms with van der Waals surface area (Å²) in [6, 6.07) is 19.7. The summed E-state index contributed by atoms with van der Waals surface area (Å²) in [5.74, 6) is -0.269. The van der Waals surface area contributed by atoms with Crippen LogP contribution in [-0.4, -0.2) is 44.0 Å². The summed E-state index contributed by atoms with van der Waals surface area (Å²) < 4.78 is 25.3. The maximum Gasteiger partial charge on any atom is 0.235 e. The van der Waals surface area contributed by atoms with Gasteiger partial charge in [0.1, 0.15) is 0 Å². The molecule has 1 N–H and O–H groups in total. The molecular formula is C21H28N2O3S. The summed E-state index contributed by atoms with van der Waals surface area (Å²) in [5, 5.41) is 2.91. The Morgan fingerprint density at radius 1 is 0.963 bits per heavy atom. The molecule has 0 fully saturated rings. The van der Waals surface area contributed by atoms with Crippen LogP contribution in [-0.2, 0) is 27.7 Å². The number of aryl methyl sites for hydroxylation is 1. The van der Waals surface area contributed by atoms with E-state index in [0.717, 1.165) is 24.7 Å². The van der Waals surface area contributed by atoms with E-state index < -0.39 is 10.0 Å². The summed E-state index contributed by atoms with van der Waals surface area (Å²) in [5.41, 5.74) is 2.27. The van der Waals surface area contributed by atoms with Gasteiger partial charge in [-0.15, -0.1) is 0 Å². The fourth-order valence-electron chi connectivity index (χ4n) is 2.84. The standard InChI is InChI=1S/C21H28N2O3S/c1-18(13-14-19-9-5-3-6-10-19)22-21(24)17-23(27(2,25)26)16-15-20-11-7-4-8-12-20/h3-12,18H,13-17H2,1-2H3,(H,22,24)/t18-/m1/s1. The van der Waals surface area contributed by atoms with Crippen molar-refractivity contribution in [2.75, 3.05) is 19.3 Å². The van der Waals surface area contributed by atoms with Gasteiger partial charge < -0.3 is 5.32 Å². The molecule has 2 aromatic carbocycles. The first kappa shape index (κ1) is 21.1. The molecule has 0 bridgehead atoms. The fourth-order valence-corrected chi connectivity index (χ4v) is 3.62. The smallest absolute Gasteiger partial charge is 0.235 e. The van der Waals surface area contributed by atoms with Gasteiger partial charge in [-0.3, -0.25) is 4.79 Å². The summed E-state index contributed by atoms with van der Waals surface area (Å²) in [6.07, 6.45) is 3.39. The van der Waals surface area contributed by atoms with E-state index in [4.69, 9.17) is 0 Å². The van der Waals surface area contributed by atoms with Crippen LogP contribution in [0.2, 0.25) is 0 Å². The third-order valence-corrected chi connectivity index (χ3v) is 5.65. The lowest BCUT2D eigenvalue weighted by atomic mass is 10.1. The normalized spacial score (nSPS) is 12.7. The van der Waals surface area contributed by atoms with E-state index >= 15 is 0 Å². The molecule has 0 saturated carbocycles. The highest BCUT2D eigenvalue weighted by Gasteiger charge is 2.20. The molecule has 0 radical (unpaired) electrons. The van der Waals surface area contributed by atoms with Gasteiger partial charge in [0.2, 0.25) is 15.9 Å². The van der Waals surface area contributed by atoms with Crippen LogP contribution in [0.4, 0.5) is 0 Å². The number of carbonyl (C=O) groups excluding carboxylic acids is 1. The minimum absolute atomic E-state index is 0.0201. The predicted molar refractivity (Wildman–Crippen MR) is 109 cm³/mol. The molecule has 1 amide bonds. The first-order chi connectivity index (χ1) is 12.8. The average Bonchev–Trinajstić information content (AvgIpc) is 2.64. The highest BCUT2D eigenvalue weighted by molar-refractivity contribution is 7.88. The first-order valence-electron chi connectivity index (χ1n) is 9.17. The summed E-state index contributed by atoms with van der Waals surface area (Å²) >= 11 is 0. The average molecular weight is 389 g/mol. The molecule has 0 unspecified atom stereocenters. The zero-order valence-electron chi connectivity index (χ0n) is 16.0. The van der Waals surface area contributed by atoms with Crippen molar-refractivity contribution in [2.45, 2.75) is 32.2 Å². The predicted octanol–water partition coefficient (Wildman–Crippen LogP) is 2.63. The van der Waals surface area contributed by atoms with Crippen molar-refractivity contribution in [3.8, 4) is 0 Å². The van der Waals surface area contributed by atoms with Crippen LogP contribution in [0, 0.1) is 0 Å². The van der Waals surface area contributed by atoms with Gasteiger partial charge >= 0.3 is 0 Å². The zero-order chi connectivity index (χ0) is 19.7. The van der Waals surface area contributed by atoms with Crippen LogP contribution >= 0.6 is 0 Å². The lowest BCUT2D eigenvalue weighted by Gasteiger charge is -2.21. The second-order valence-electron chi connectivity index (χ2n) is 6.82. The Bertz CT molecular complexity index is 808. The van der Waals surface area contributed by atoms with E-state index in [9.17, 15) is 13.2 Å². The number of rotatable bonds is 10. The van der Waals surface area contributed by atoms with Gasteiger partial charge in [0, 0.05) is 12.6 Å². The Morgan fingerprint density at radius 2 is 1.48 bits per heavy atom. The molecule has 146 valence electrons. The molecule has 0 aliphatic rings. The van der Waals surface area contributed by atoms with E-state index in [1.165, 1.54) is 9.87 Å². The first-order valence-corrected chi connectivity index (χ1v) is 11.0. The summed E-state index contributed by atoms with van der Waals surface area (Å²) in [7, 11) is -3.45. The Morgan fingerprint density at radius 3 is 2.00 bits per heavy atom. The molecule has 1 atom stereocenters. The van der Waals surface area contributed by atoms with Crippen LogP contribution in [0.15, 0.2) is 60.7 Å². The van der Waals surface area contributed by atoms with Gasteiger partial charge in [0.15, 0.2) is 0 Å². The summed E-state index contributed by atoms with van der Waals surface area (Å²) in [6.45, 7) is 2.08. The van der Waals surface area contributed by atoms with E-state index in [-0.39, 0.29) is 25.0 Å². The SMILES string of the molecule is C[C@H](CCc1ccccc1)NC(=O)CN(CCc1ccccc1)S(C)(=O)=O. The molecule has 0 spiro atoms. The Labute approximate surface area is 162 Å². The van der Waals surface area contributed by atoms with Gasteiger partial charge in [-0.1, -0.05) is 60.7 Å². The van der Waals surface area contributed by atoms with Crippen molar-refractivity contribution in [2.24, 2.45) is 0 Å². The molecular weight excluding hydrogens is 360 g/mol. The number of benzene rings is 2. The largest absolute Gasteiger partial charge is 0.352 e. The minimum Gasteiger partial charge on any atom is -0.352 e. The van der Waals surface area contributed by atoms with E-state index in [1.807, 2.05) is 55.5 Å². The molecule has 27 heavy (non-hydrogen) atoms. The highest BCUT2D eigenvalue weighted by atomic mass is 32.2. The Balaban J connectivity index is 1.83. The third-order valence-electron chi connectivity index (χ3n) is 4.40. The molecule has 5 nitrogen and oxygen atoms in total. The molecule has 6 heteroatoms. The molecule has 0 aliphatic carbocycles. The van der Waals surface area contributed by atoms with Gasteiger partial charge in [0.05, 0.1) is 12.8 Å². The van der Waals surface area contributed by atoms with Crippen molar-refractivity contribution in [3.05, 3.63) is 71.8 Å². The number of sulfonamides is 1. The number of hydrogen-bond acceptors (Lipinski definition) is 3. The molecule has 0 heterocycles. The van der Waals surface area contributed by atoms with E-state index in [2.05, 4.69) is 17.4 Å². The highest BCUT2D eigenvalue weighted by Crippen LogP contribution is 2.07. The van der Waals surface area contributed by atoms with Gasteiger partial charge in [-0.25, -0.2) is 8.42 Å². The number of carbonyl (C=O) groups is 1. The quantitative estimate of drug-likeness (QED) is 0.680. The number of hydrogen-bond donors (Lipinski definition) is 1. The number of amides is 1. The van der Waals surface area contributed by atoms with Crippen LogP contribution in [0.3, 0.4) is 0 Å². The summed E-state index contributed by atoms with van der Waals surface area (Å²) in [4.78, 5) is 12.3. The van der Waals surface area contributed by atoms with E-state index in [0.29, 0.717) is 6.42 Å². The van der Waals surface area contributed by atoms with Crippen LogP contribution in [0.5, 0.6) is 0 Å². The number of nitrogens with zero attached hydrogens (tertiary/aromatic N) is 1. The second kappa shape index (κ2) is 10.2. The second-order valence-corrected chi connectivity index (χ2v) is 8.81. The number of nitrogens with one attached hydrogen (secondary N) is 1. The lowest BCUT2D eigenvalue weighted by Crippen LogP contribution is -2.43. The van der Waals surface area contributed by atoms with Crippen LogP contribution in [0.1, 0.15) is 24.5 Å². The maximum absolute atomic E-state index is 12.3. The topological polar surface area (TPSA) is 66.5 Å². The molecule has 0 saturated heterocycles.